The maximum Gasteiger partial charge on any atom is 0.129 e. The van der Waals surface area contributed by atoms with E-state index in [-0.39, 0.29) is 5.82 Å². The van der Waals surface area contributed by atoms with E-state index in [2.05, 4.69) is 12.2 Å². The third-order valence-corrected chi connectivity index (χ3v) is 4.36. The quantitative estimate of drug-likeness (QED) is 0.824. The largest absolute Gasteiger partial charge is 0.313 e. The van der Waals surface area contributed by atoms with Crippen molar-refractivity contribution in [1.29, 1.82) is 5.26 Å². The standard InChI is InChI=1S/C17H23FN2/c1-13-2-4-14(5-3-13)8-9-20-12-16-7-6-15(11-19)10-17(16)18/h6-7,10,13-14,20H,2-5,8-9,12H2,1H3. The Morgan fingerprint density at radius 2 is 2.05 bits per heavy atom. The fourth-order valence-corrected chi connectivity index (χ4v) is 2.91. The predicted octanol–water partition coefficient (Wildman–Crippen LogP) is 4.00. The molecule has 1 aliphatic rings. The van der Waals surface area contributed by atoms with E-state index in [0.717, 1.165) is 18.4 Å². The maximum absolute atomic E-state index is 13.7. The van der Waals surface area contributed by atoms with Crippen molar-refractivity contribution in [3.8, 4) is 6.07 Å². The van der Waals surface area contributed by atoms with Crippen LogP contribution < -0.4 is 5.32 Å². The predicted molar refractivity (Wildman–Crippen MR) is 78.6 cm³/mol. The summed E-state index contributed by atoms with van der Waals surface area (Å²) in [6, 6.07) is 6.62. The van der Waals surface area contributed by atoms with Crippen molar-refractivity contribution in [3.05, 3.63) is 35.1 Å². The molecule has 0 spiro atoms. The lowest BCUT2D eigenvalue weighted by Crippen LogP contribution is -2.21. The summed E-state index contributed by atoms with van der Waals surface area (Å²) in [6.07, 6.45) is 6.58. The minimum atomic E-state index is -0.289. The van der Waals surface area contributed by atoms with Gasteiger partial charge in [-0.05, 0) is 36.9 Å². The van der Waals surface area contributed by atoms with Gasteiger partial charge in [0.2, 0.25) is 0 Å². The molecule has 1 N–H and O–H groups in total. The molecule has 0 saturated heterocycles. The Labute approximate surface area is 121 Å². The summed E-state index contributed by atoms with van der Waals surface area (Å²) in [5, 5.41) is 12.0. The molecule has 0 aliphatic heterocycles. The molecular weight excluding hydrogens is 251 g/mol. The van der Waals surface area contributed by atoms with E-state index in [1.807, 2.05) is 6.07 Å². The second-order valence-corrected chi connectivity index (χ2v) is 6.01. The zero-order chi connectivity index (χ0) is 14.4. The van der Waals surface area contributed by atoms with E-state index >= 15 is 0 Å². The number of hydrogen-bond acceptors (Lipinski definition) is 2. The van der Waals surface area contributed by atoms with E-state index in [4.69, 9.17) is 5.26 Å². The number of benzene rings is 1. The molecule has 1 fully saturated rings. The molecular formula is C17H23FN2. The highest BCUT2D eigenvalue weighted by Crippen LogP contribution is 2.29. The molecule has 0 atom stereocenters. The number of hydrogen-bond donors (Lipinski definition) is 1. The van der Waals surface area contributed by atoms with Crippen LogP contribution in [0.4, 0.5) is 4.39 Å². The van der Waals surface area contributed by atoms with Gasteiger partial charge in [0.05, 0.1) is 11.6 Å². The summed E-state index contributed by atoms with van der Waals surface area (Å²) in [5.41, 5.74) is 1.02. The van der Waals surface area contributed by atoms with Crippen LogP contribution in [0.25, 0.3) is 0 Å². The molecule has 0 amide bonds. The van der Waals surface area contributed by atoms with Gasteiger partial charge in [0, 0.05) is 12.1 Å². The average Bonchev–Trinajstić information content (AvgIpc) is 2.46. The molecule has 0 radical (unpaired) electrons. The molecule has 1 saturated carbocycles. The first kappa shape index (κ1) is 15.0. The molecule has 0 heterocycles. The lowest BCUT2D eigenvalue weighted by Gasteiger charge is -2.26. The van der Waals surface area contributed by atoms with Crippen molar-refractivity contribution in [1.82, 2.24) is 5.32 Å². The van der Waals surface area contributed by atoms with Gasteiger partial charge < -0.3 is 5.32 Å². The fourth-order valence-electron chi connectivity index (χ4n) is 2.91. The van der Waals surface area contributed by atoms with Crippen molar-refractivity contribution >= 4 is 0 Å². The second-order valence-electron chi connectivity index (χ2n) is 6.01. The normalized spacial score (nSPS) is 22.4. The monoisotopic (exact) mass is 274 g/mol. The summed E-state index contributed by atoms with van der Waals surface area (Å²) in [4.78, 5) is 0. The fraction of sp³-hybridized carbons (Fsp3) is 0.588. The lowest BCUT2D eigenvalue weighted by atomic mass is 9.81. The smallest absolute Gasteiger partial charge is 0.129 e. The van der Waals surface area contributed by atoms with E-state index in [1.165, 1.54) is 38.2 Å². The van der Waals surface area contributed by atoms with Crippen LogP contribution in [0.3, 0.4) is 0 Å². The highest BCUT2D eigenvalue weighted by molar-refractivity contribution is 5.32. The Morgan fingerprint density at radius 1 is 1.30 bits per heavy atom. The van der Waals surface area contributed by atoms with Crippen molar-refractivity contribution in [2.75, 3.05) is 6.54 Å². The Hall–Kier alpha value is -1.40. The average molecular weight is 274 g/mol. The minimum Gasteiger partial charge on any atom is -0.313 e. The van der Waals surface area contributed by atoms with E-state index < -0.39 is 0 Å². The Morgan fingerprint density at radius 3 is 2.70 bits per heavy atom. The molecule has 108 valence electrons. The Bertz CT molecular complexity index is 470. The minimum absolute atomic E-state index is 0.289. The first-order valence-corrected chi connectivity index (χ1v) is 7.58. The van der Waals surface area contributed by atoms with Crippen molar-refractivity contribution in [2.24, 2.45) is 11.8 Å². The molecule has 0 aromatic heterocycles. The molecule has 0 bridgehead atoms. The van der Waals surface area contributed by atoms with Gasteiger partial charge in [-0.3, -0.25) is 0 Å². The highest BCUT2D eigenvalue weighted by Gasteiger charge is 2.17. The number of nitriles is 1. The van der Waals surface area contributed by atoms with Gasteiger partial charge in [-0.15, -0.1) is 0 Å². The molecule has 2 nitrogen and oxygen atoms in total. The maximum atomic E-state index is 13.7. The van der Waals surface area contributed by atoms with Gasteiger partial charge in [0.25, 0.3) is 0 Å². The van der Waals surface area contributed by atoms with Crippen LogP contribution in [0.15, 0.2) is 18.2 Å². The van der Waals surface area contributed by atoms with Crippen LogP contribution in [-0.2, 0) is 6.54 Å². The summed E-state index contributed by atoms with van der Waals surface area (Å²) in [5.74, 6) is 1.44. The molecule has 3 heteroatoms. The molecule has 1 aromatic rings. The van der Waals surface area contributed by atoms with E-state index in [9.17, 15) is 4.39 Å². The molecule has 1 aliphatic carbocycles. The molecule has 20 heavy (non-hydrogen) atoms. The third kappa shape index (κ3) is 4.31. The summed E-state index contributed by atoms with van der Waals surface area (Å²) < 4.78 is 13.7. The van der Waals surface area contributed by atoms with E-state index in [0.29, 0.717) is 17.7 Å². The van der Waals surface area contributed by atoms with Gasteiger partial charge in [-0.25, -0.2) is 4.39 Å². The van der Waals surface area contributed by atoms with Crippen LogP contribution in [0.1, 0.15) is 50.2 Å². The van der Waals surface area contributed by atoms with E-state index in [1.54, 1.807) is 12.1 Å². The van der Waals surface area contributed by atoms with Gasteiger partial charge >= 0.3 is 0 Å². The van der Waals surface area contributed by atoms with Crippen molar-refractivity contribution in [2.45, 2.75) is 45.6 Å². The van der Waals surface area contributed by atoms with Crippen molar-refractivity contribution in [3.63, 3.8) is 0 Å². The van der Waals surface area contributed by atoms with Crippen LogP contribution in [0.5, 0.6) is 0 Å². The summed E-state index contributed by atoms with van der Waals surface area (Å²) >= 11 is 0. The van der Waals surface area contributed by atoms with Crippen LogP contribution >= 0.6 is 0 Å². The SMILES string of the molecule is CC1CCC(CCNCc2ccc(C#N)cc2F)CC1. The van der Waals surface area contributed by atoms with Gasteiger partial charge in [0.1, 0.15) is 5.82 Å². The summed E-state index contributed by atoms with van der Waals surface area (Å²) in [6.45, 7) is 3.82. The lowest BCUT2D eigenvalue weighted by molar-refractivity contribution is 0.275. The molecule has 1 aromatic carbocycles. The Balaban J connectivity index is 1.70. The van der Waals surface area contributed by atoms with Crippen LogP contribution in [-0.4, -0.2) is 6.54 Å². The zero-order valence-corrected chi connectivity index (χ0v) is 12.2. The second kappa shape index (κ2) is 7.40. The molecule has 2 rings (SSSR count). The zero-order valence-electron chi connectivity index (χ0n) is 12.2. The number of nitrogens with one attached hydrogen (secondary N) is 1. The number of halogens is 1. The van der Waals surface area contributed by atoms with Gasteiger partial charge in [-0.1, -0.05) is 38.7 Å². The molecule has 0 unspecified atom stereocenters. The van der Waals surface area contributed by atoms with Gasteiger partial charge in [0.15, 0.2) is 0 Å². The third-order valence-electron chi connectivity index (χ3n) is 4.36. The van der Waals surface area contributed by atoms with Crippen molar-refractivity contribution < 1.29 is 4.39 Å². The number of nitrogens with zero attached hydrogens (tertiary/aromatic N) is 1. The van der Waals surface area contributed by atoms with Crippen LogP contribution in [0, 0.1) is 29.0 Å². The Kier molecular flexibility index (Phi) is 5.55. The highest BCUT2D eigenvalue weighted by atomic mass is 19.1. The first-order chi connectivity index (χ1) is 9.69. The summed E-state index contributed by atoms with van der Waals surface area (Å²) in [7, 11) is 0. The number of rotatable bonds is 5. The van der Waals surface area contributed by atoms with Gasteiger partial charge in [-0.2, -0.15) is 5.26 Å². The van der Waals surface area contributed by atoms with Crippen LogP contribution in [0.2, 0.25) is 0 Å². The first-order valence-electron chi connectivity index (χ1n) is 7.58. The topological polar surface area (TPSA) is 35.8 Å².